The number of hydrogen-bond acceptors (Lipinski definition) is 4. The molecule has 21 heavy (non-hydrogen) atoms. The summed E-state index contributed by atoms with van der Waals surface area (Å²) >= 11 is 6.27. The fourth-order valence-electron chi connectivity index (χ4n) is 2.13. The largest absolute Gasteiger partial charge is 0.345 e. The van der Waals surface area contributed by atoms with Crippen molar-refractivity contribution in [3.63, 3.8) is 0 Å². The van der Waals surface area contributed by atoms with Gasteiger partial charge in [-0.05, 0) is 27.9 Å². The van der Waals surface area contributed by atoms with Crippen molar-refractivity contribution in [3.05, 3.63) is 34.1 Å². The van der Waals surface area contributed by atoms with Crippen LogP contribution in [-0.2, 0) is 13.1 Å². The number of aromatic nitrogens is 4. The number of halogens is 1. The molecule has 2 N–H and O–H groups in total. The van der Waals surface area contributed by atoms with Gasteiger partial charge in [-0.3, -0.25) is 10.00 Å². The summed E-state index contributed by atoms with van der Waals surface area (Å²) in [7, 11) is 4.15. The van der Waals surface area contributed by atoms with Gasteiger partial charge in [-0.1, -0.05) is 11.6 Å². The van der Waals surface area contributed by atoms with Gasteiger partial charge in [0, 0.05) is 38.1 Å². The van der Waals surface area contributed by atoms with Crippen molar-refractivity contribution in [1.82, 2.24) is 30.0 Å². The van der Waals surface area contributed by atoms with E-state index in [9.17, 15) is 0 Å². The molecular weight excluding hydrogens is 288 g/mol. The summed E-state index contributed by atoms with van der Waals surface area (Å²) in [6.07, 6.45) is 1.88. The van der Waals surface area contributed by atoms with Gasteiger partial charge in [0.15, 0.2) is 0 Å². The molecule has 0 amide bonds. The Hall–Kier alpha value is -1.37. The molecule has 0 saturated heterocycles. The van der Waals surface area contributed by atoms with Crippen LogP contribution in [0.1, 0.15) is 22.9 Å². The normalized spacial score (nSPS) is 11.8. The zero-order chi connectivity index (χ0) is 15.4. The topological polar surface area (TPSA) is 63.8 Å². The van der Waals surface area contributed by atoms with Gasteiger partial charge in [0.1, 0.15) is 5.82 Å². The van der Waals surface area contributed by atoms with Gasteiger partial charge >= 0.3 is 0 Å². The van der Waals surface area contributed by atoms with E-state index in [0.29, 0.717) is 0 Å². The summed E-state index contributed by atoms with van der Waals surface area (Å²) in [5, 5.41) is 7.95. The summed E-state index contributed by atoms with van der Waals surface area (Å²) in [5.74, 6) is 0.936. The minimum Gasteiger partial charge on any atom is -0.345 e. The monoisotopic (exact) mass is 310 g/mol. The number of imidazole rings is 1. The SMILES string of the molecule is Cc1ncc(CN(CCN(C)C)Cc2n[nH]c(C)c2Cl)[nH]1. The van der Waals surface area contributed by atoms with Crippen molar-refractivity contribution in [1.29, 1.82) is 0 Å². The molecule has 2 aromatic rings. The van der Waals surface area contributed by atoms with E-state index in [0.717, 1.165) is 54.1 Å². The molecule has 2 rings (SSSR count). The Morgan fingerprint density at radius 2 is 1.95 bits per heavy atom. The van der Waals surface area contributed by atoms with Crippen LogP contribution in [0.15, 0.2) is 6.20 Å². The third-order valence-electron chi connectivity index (χ3n) is 3.33. The molecule has 0 atom stereocenters. The van der Waals surface area contributed by atoms with Crippen molar-refractivity contribution >= 4 is 11.6 Å². The smallest absolute Gasteiger partial charge is 0.103 e. The number of aromatic amines is 2. The molecule has 0 unspecified atom stereocenters. The minimum atomic E-state index is 0.717. The molecule has 7 heteroatoms. The van der Waals surface area contributed by atoms with Gasteiger partial charge in [0.2, 0.25) is 0 Å². The summed E-state index contributed by atoms with van der Waals surface area (Å²) in [4.78, 5) is 12.0. The molecule has 0 bridgehead atoms. The average molecular weight is 311 g/mol. The minimum absolute atomic E-state index is 0.717. The molecule has 0 saturated carbocycles. The van der Waals surface area contributed by atoms with E-state index in [4.69, 9.17) is 11.6 Å². The summed E-state index contributed by atoms with van der Waals surface area (Å²) in [6.45, 7) is 7.33. The Morgan fingerprint density at radius 3 is 2.48 bits per heavy atom. The van der Waals surface area contributed by atoms with Gasteiger partial charge in [-0.2, -0.15) is 5.10 Å². The van der Waals surface area contributed by atoms with Gasteiger partial charge in [-0.25, -0.2) is 4.98 Å². The van der Waals surface area contributed by atoms with Crippen molar-refractivity contribution in [2.45, 2.75) is 26.9 Å². The molecule has 2 heterocycles. The lowest BCUT2D eigenvalue weighted by molar-refractivity contribution is 0.222. The number of nitrogens with one attached hydrogen (secondary N) is 2. The number of likely N-dealkylation sites (N-methyl/N-ethyl adjacent to an activating group) is 1. The fourth-order valence-corrected chi connectivity index (χ4v) is 2.28. The first-order chi connectivity index (χ1) is 9.95. The lowest BCUT2D eigenvalue weighted by Gasteiger charge is -2.22. The molecule has 6 nitrogen and oxygen atoms in total. The zero-order valence-electron chi connectivity index (χ0n) is 13.1. The van der Waals surface area contributed by atoms with Crippen LogP contribution in [0.3, 0.4) is 0 Å². The first-order valence-corrected chi connectivity index (χ1v) is 7.40. The van der Waals surface area contributed by atoms with Crippen molar-refractivity contribution in [2.24, 2.45) is 0 Å². The molecule has 0 aromatic carbocycles. The third kappa shape index (κ3) is 4.56. The Bertz CT molecular complexity index is 574. The predicted molar refractivity (Wildman–Crippen MR) is 84.3 cm³/mol. The second-order valence-electron chi connectivity index (χ2n) is 5.62. The average Bonchev–Trinajstić information content (AvgIpc) is 2.96. The van der Waals surface area contributed by atoms with Crippen LogP contribution in [0.4, 0.5) is 0 Å². The molecule has 0 aliphatic rings. The van der Waals surface area contributed by atoms with Gasteiger partial charge in [0.25, 0.3) is 0 Å². The predicted octanol–water partition coefficient (Wildman–Crippen LogP) is 1.97. The Labute approximate surface area is 130 Å². The van der Waals surface area contributed by atoms with Crippen LogP contribution in [0.2, 0.25) is 5.02 Å². The molecule has 0 spiro atoms. The van der Waals surface area contributed by atoms with Crippen LogP contribution in [0.25, 0.3) is 0 Å². The van der Waals surface area contributed by atoms with Crippen molar-refractivity contribution in [2.75, 3.05) is 27.2 Å². The second-order valence-corrected chi connectivity index (χ2v) is 6.00. The number of nitrogens with zero attached hydrogens (tertiary/aromatic N) is 4. The summed E-state index contributed by atoms with van der Waals surface area (Å²) < 4.78 is 0. The van der Waals surface area contributed by atoms with Crippen LogP contribution >= 0.6 is 11.6 Å². The maximum Gasteiger partial charge on any atom is 0.103 e. The van der Waals surface area contributed by atoms with Crippen LogP contribution in [-0.4, -0.2) is 57.1 Å². The highest BCUT2D eigenvalue weighted by Crippen LogP contribution is 2.19. The lowest BCUT2D eigenvalue weighted by Crippen LogP contribution is -2.31. The number of rotatable bonds is 7. The number of aryl methyl sites for hydroxylation is 2. The Balaban J connectivity index is 2.06. The highest BCUT2D eigenvalue weighted by molar-refractivity contribution is 6.31. The van der Waals surface area contributed by atoms with E-state index in [1.807, 2.05) is 20.0 Å². The maximum atomic E-state index is 6.27. The fraction of sp³-hybridized carbons (Fsp3) is 0.571. The zero-order valence-corrected chi connectivity index (χ0v) is 13.8. The van der Waals surface area contributed by atoms with Gasteiger partial charge in [-0.15, -0.1) is 0 Å². The summed E-state index contributed by atoms with van der Waals surface area (Å²) in [5.41, 5.74) is 2.91. The van der Waals surface area contributed by atoms with Gasteiger partial charge < -0.3 is 9.88 Å². The van der Waals surface area contributed by atoms with Crippen LogP contribution in [0, 0.1) is 13.8 Å². The first kappa shape index (κ1) is 16.0. The quantitative estimate of drug-likeness (QED) is 0.820. The number of hydrogen-bond donors (Lipinski definition) is 2. The molecule has 2 aromatic heterocycles. The molecular formula is C14H23ClN6. The molecule has 0 fully saturated rings. The number of H-pyrrole nitrogens is 2. The molecule has 0 aliphatic heterocycles. The van der Waals surface area contributed by atoms with E-state index in [1.165, 1.54) is 0 Å². The van der Waals surface area contributed by atoms with E-state index in [2.05, 4.69) is 44.1 Å². The highest BCUT2D eigenvalue weighted by Gasteiger charge is 2.14. The lowest BCUT2D eigenvalue weighted by atomic mass is 10.3. The van der Waals surface area contributed by atoms with E-state index >= 15 is 0 Å². The third-order valence-corrected chi connectivity index (χ3v) is 3.83. The molecule has 0 radical (unpaired) electrons. The molecule has 116 valence electrons. The maximum absolute atomic E-state index is 6.27. The summed E-state index contributed by atoms with van der Waals surface area (Å²) in [6, 6.07) is 0. The van der Waals surface area contributed by atoms with E-state index in [1.54, 1.807) is 0 Å². The second kappa shape index (κ2) is 7.06. The van der Waals surface area contributed by atoms with Gasteiger partial charge in [0.05, 0.1) is 16.4 Å². The van der Waals surface area contributed by atoms with Crippen molar-refractivity contribution in [3.8, 4) is 0 Å². The Morgan fingerprint density at radius 1 is 1.19 bits per heavy atom. The standard InChI is InChI=1S/C14H23ClN6/c1-10-14(15)13(19-18-10)9-21(6-5-20(3)4)8-12-7-16-11(2)17-12/h7H,5-6,8-9H2,1-4H3,(H,16,17)(H,18,19). The van der Waals surface area contributed by atoms with E-state index in [-0.39, 0.29) is 0 Å². The van der Waals surface area contributed by atoms with Crippen molar-refractivity contribution < 1.29 is 0 Å². The Kier molecular flexibility index (Phi) is 5.39. The van der Waals surface area contributed by atoms with Crippen LogP contribution < -0.4 is 0 Å². The van der Waals surface area contributed by atoms with E-state index < -0.39 is 0 Å². The molecule has 0 aliphatic carbocycles. The first-order valence-electron chi connectivity index (χ1n) is 7.02. The highest BCUT2D eigenvalue weighted by atomic mass is 35.5. The van der Waals surface area contributed by atoms with Crippen LogP contribution in [0.5, 0.6) is 0 Å².